The topological polar surface area (TPSA) is 77.2 Å². The number of carbonyl (C=O) groups is 1. The lowest BCUT2D eigenvalue weighted by molar-refractivity contribution is 0.0994. The lowest BCUT2D eigenvalue weighted by Crippen LogP contribution is -2.17. The number of carbonyl (C=O) groups excluding carboxylic acids is 1. The summed E-state index contributed by atoms with van der Waals surface area (Å²) in [6, 6.07) is 5.02. The summed E-state index contributed by atoms with van der Waals surface area (Å²) in [7, 11) is 0. The molecule has 0 saturated carbocycles. The van der Waals surface area contributed by atoms with Crippen molar-refractivity contribution in [3.8, 4) is 5.88 Å². The highest BCUT2D eigenvalue weighted by Crippen LogP contribution is 2.12. The number of ether oxygens (including phenoxy) is 1. The highest BCUT2D eigenvalue weighted by atomic mass is 16.5. The summed E-state index contributed by atoms with van der Waals surface area (Å²) in [5, 5.41) is 3.26. The monoisotopic (exact) mass is 221 g/mol. The van der Waals surface area contributed by atoms with Gasteiger partial charge in [-0.15, -0.1) is 0 Å². The van der Waals surface area contributed by atoms with Crippen LogP contribution >= 0.6 is 0 Å². The summed E-state index contributed by atoms with van der Waals surface area (Å²) in [6.45, 7) is 2.65. The molecule has 16 heavy (non-hydrogen) atoms. The van der Waals surface area contributed by atoms with Crippen LogP contribution in [0.5, 0.6) is 5.88 Å². The van der Waals surface area contributed by atoms with Crippen molar-refractivity contribution in [2.75, 3.05) is 19.7 Å². The molecule has 0 bridgehead atoms. The molecule has 1 amide bonds. The Bertz CT molecular complexity index is 375. The Labute approximate surface area is 94.0 Å². The Hall–Kier alpha value is -1.62. The van der Waals surface area contributed by atoms with Gasteiger partial charge in [0.05, 0.1) is 6.61 Å². The van der Waals surface area contributed by atoms with Crippen molar-refractivity contribution >= 4 is 5.91 Å². The fourth-order valence-electron chi connectivity index (χ4n) is 1.69. The number of primary amides is 1. The zero-order valence-electron chi connectivity index (χ0n) is 8.98. The van der Waals surface area contributed by atoms with E-state index < -0.39 is 5.91 Å². The van der Waals surface area contributed by atoms with Crippen LogP contribution in [0.15, 0.2) is 18.2 Å². The van der Waals surface area contributed by atoms with Crippen molar-refractivity contribution in [2.24, 2.45) is 11.7 Å². The van der Waals surface area contributed by atoms with Gasteiger partial charge in [-0.25, -0.2) is 4.98 Å². The Balaban J connectivity index is 1.93. The minimum absolute atomic E-state index is 0.238. The van der Waals surface area contributed by atoms with E-state index in [1.54, 1.807) is 18.2 Å². The van der Waals surface area contributed by atoms with E-state index >= 15 is 0 Å². The zero-order chi connectivity index (χ0) is 11.4. The fourth-order valence-corrected chi connectivity index (χ4v) is 1.69. The molecule has 5 heteroatoms. The second-order valence-electron chi connectivity index (χ2n) is 3.90. The largest absolute Gasteiger partial charge is 0.477 e. The average molecular weight is 221 g/mol. The van der Waals surface area contributed by atoms with Crippen LogP contribution in [0.3, 0.4) is 0 Å². The normalized spacial score (nSPS) is 19.6. The van der Waals surface area contributed by atoms with Crippen molar-refractivity contribution in [3.63, 3.8) is 0 Å². The molecule has 1 aromatic rings. The van der Waals surface area contributed by atoms with E-state index in [1.165, 1.54) is 0 Å². The van der Waals surface area contributed by atoms with Crippen molar-refractivity contribution in [3.05, 3.63) is 23.9 Å². The van der Waals surface area contributed by atoms with Crippen LogP contribution in [0, 0.1) is 5.92 Å². The van der Waals surface area contributed by atoms with Gasteiger partial charge in [0.25, 0.3) is 5.91 Å². The number of aromatic nitrogens is 1. The minimum atomic E-state index is -0.534. The van der Waals surface area contributed by atoms with E-state index in [2.05, 4.69) is 10.3 Å². The van der Waals surface area contributed by atoms with E-state index in [0.717, 1.165) is 19.5 Å². The summed E-state index contributed by atoms with van der Waals surface area (Å²) < 4.78 is 5.52. The zero-order valence-corrected chi connectivity index (χ0v) is 8.98. The summed E-state index contributed by atoms with van der Waals surface area (Å²) in [4.78, 5) is 14.9. The molecule has 1 aromatic heterocycles. The van der Waals surface area contributed by atoms with Crippen molar-refractivity contribution in [2.45, 2.75) is 6.42 Å². The number of nitrogens with one attached hydrogen (secondary N) is 1. The second-order valence-corrected chi connectivity index (χ2v) is 3.90. The molecule has 86 valence electrons. The summed E-state index contributed by atoms with van der Waals surface area (Å²) in [5.41, 5.74) is 5.37. The predicted octanol–water partition coefficient (Wildman–Crippen LogP) is 0.169. The van der Waals surface area contributed by atoms with Crippen molar-refractivity contribution in [1.82, 2.24) is 10.3 Å². The van der Waals surface area contributed by atoms with Gasteiger partial charge < -0.3 is 15.8 Å². The Morgan fingerprint density at radius 3 is 3.19 bits per heavy atom. The standard InChI is InChI=1S/C11H15N3O2/c12-11(15)9-2-1-3-10(14-9)16-7-8-4-5-13-6-8/h1-3,8,13H,4-7H2,(H2,12,15). The molecule has 0 spiro atoms. The van der Waals surface area contributed by atoms with Crippen LogP contribution in [0.1, 0.15) is 16.9 Å². The lowest BCUT2D eigenvalue weighted by Gasteiger charge is -2.10. The van der Waals surface area contributed by atoms with Gasteiger partial charge in [0.1, 0.15) is 5.69 Å². The molecular weight excluding hydrogens is 206 g/mol. The van der Waals surface area contributed by atoms with Gasteiger partial charge >= 0.3 is 0 Å². The van der Waals surface area contributed by atoms with Gasteiger partial charge in [-0.05, 0) is 19.0 Å². The van der Waals surface area contributed by atoms with E-state index in [9.17, 15) is 4.79 Å². The molecule has 3 N–H and O–H groups in total. The maximum absolute atomic E-state index is 10.9. The molecule has 1 saturated heterocycles. The first kappa shape index (κ1) is 10.9. The third kappa shape index (κ3) is 2.70. The van der Waals surface area contributed by atoms with Crippen molar-refractivity contribution < 1.29 is 9.53 Å². The molecule has 2 rings (SSSR count). The van der Waals surface area contributed by atoms with Crippen LogP contribution in [0.4, 0.5) is 0 Å². The third-order valence-electron chi connectivity index (χ3n) is 2.61. The van der Waals surface area contributed by atoms with Crippen LogP contribution in [0.2, 0.25) is 0 Å². The quantitative estimate of drug-likeness (QED) is 0.759. The van der Waals surface area contributed by atoms with Crippen molar-refractivity contribution in [1.29, 1.82) is 0 Å². The minimum Gasteiger partial charge on any atom is -0.477 e. The number of pyridine rings is 1. The number of nitrogens with zero attached hydrogens (tertiary/aromatic N) is 1. The predicted molar refractivity (Wildman–Crippen MR) is 59.2 cm³/mol. The molecule has 1 atom stereocenters. The molecule has 1 unspecified atom stereocenters. The molecule has 1 fully saturated rings. The first-order valence-corrected chi connectivity index (χ1v) is 5.36. The molecule has 5 nitrogen and oxygen atoms in total. The Morgan fingerprint density at radius 2 is 2.50 bits per heavy atom. The van der Waals surface area contributed by atoms with Gasteiger partial charge in [-0.2, -0.15) is 0 Å². The Kier molecular flexibility index (Phi) is 3.36. The summed E-state index contributed by atoms with van der Waals surface area (Å²) >= 11 is 0. The molecule has 1 aliphatic rings. The molecular formula is C11H15N3O2. The highest BCUT2D eigenvalue weighted by Gasteiger charge is 2.15. The first-order valence-electron chi connectivity index (χ1n) is 5.36. The van der Waals surface area contributed by atoms with Crippen LogP contribution in [-0.2, 0) is 0 Å². The molecule has 2 heterocycles. The molecule has 0 aliphatic carbocycles. The number of hydrogen-bond acceptors (Lipinski definition) is 4. The maximum atomic E-state index is 10.9. The van der Waals surface area contributed by atoms with Gasteiger partial charge in [0.2, 0.25) is 5.88 Å². The van der Waals surface area contributed by atoms with Gasteiger partial charge in [-0.1, -0.05) is 6.07 Å². The number of nitrogens with two attached hydrogens (primary N) is 1. The SMILES string of the molecule is NC(=O)c1cccc(OCC2CCNC2)n1. The molecule has 0 radical (unpaired) electrons. The third-order valence-corrected chi connectivity index (χ3v) is 2.61. The number of amides is 1. The van der Waals surface area contributed by atoms with Gasteiger partial charge in [0, 0.05) is 18.5 Å². The molecule has 0 aromatic carbocycles. The van der Waals surface area contributed by atoms with E-state index in [0.29, 0.717) is 18.4 Å². The highest BCUT2D eigenvalue weighted by molar-refractivity contribution is 5.90. The lowest BCUT2D eigenvalue weighted by atomic mass is 10.1. The first-order chi connectivity index (χ1) is 7.75. The number of rotatable bonds is 4. The van der Waals surface area contributed by atoms with E-state index in [4.69, 9.17) is 10.5 Å². The fraction of sp³-hybridized carbons (Fsp3) is 0.455. The van der Waals surface area contributed by atoms with E-state index in [-0.39, 0.29) is 5.69 Å². The van der Waals surface area contributed by atoms with Gasteiger partial charge in [-0.3, -0.25) is 4.79 Å². The number of hydrogen-bond donors (Lipinski definition) is 2. The van der Waals surface area contributed by atoms with Crippen LogP contribution in [0.25, 0.3) is 0 Å². The maximum Gasteiger partial charge on any atom is 0.267 e. The summed E-state index contributed by atoms with van der Waals surface area (Å²) in [6.07, 6.45) is 1.12. The Morgan fingerprint density at radius 1 is 1.62 bits per heavy atom. The average Bonchev–Trinajstić information content (AvgIpc) is 2.79. The summed E-state index contributed by atoms with van der Waals surface area (Å²) in [5.74, 6) is 0.454. The van der Waals surface area contributed by atoms with Gasteiger partial charge in [0.15, 0.2) is 0 Å². The van der Waals surface area contributed by atoms with E-state index in [1.807, 2.05) is 0 Å². The van der Waals surface area contributed by atoms with Crippen LogP contribution in [-0.4, -0.2) is 30.6 Å². The smallest absolute Gasteiger partial charge is 0.267 e. The van der Waals surface area contributed by atoms with Crippen LogP contribution < -0.4 is 15.8 Å². The second kappa shape index (κ2) is 4.94. The molecule has 1 aliphatic heterocycles.